The first-order valence-corrected chi connectivity index (χ1v) is 7.45. The lowest BCUT2D eigenvalue weighted by Crippen LogP contribution is -2.45. The van der Waals surface area contributed by atoms with E-state index in [0.717, 1.165) is 30.2 Å². The molecule has 0 saturated heterocycles. The number of nitrogens with two attached hydrogens (primary N) is 1. The first-order valence-electron chi connectivity index (χ1n) is 5.78. The summed E-state index contributed by atoms with van der Waals surface area (Å²) >= 11 is 5.30. The van der Waals surface area contributed by atoms with Crippen molar-refractivity contribution >= 4 is 27.3 Å². The van der Waals surface area contributed by atoms with Gasteiger partial charge in [-0.25, -0.2) is 0 Å². The number of thiophene rings is 1. The van der Waals surface area contributed by atoms with Gasteiger partial charge in [-0.3, -0.25) is 0 Å². The van der Waals surface area contributed by atoms with Crippen LogP contribution in [0, 0.1) is 5.41 Å². The Hall–Kier alpha value is 0.1000. The molecule has 0 aliphatic heterocycles. The highest BCUT2D eigenvalue weighted by atomic mass is 79.9. The minimum absolute atomic E-state index is 0.0916. The van der Waals surface area contributed by atoms with Crippen LogP contribution < -0.4 is 5.73 Å². The molecule has 1 aromatic rings. The van der Waals surface area contributed by atoms with Crippen LogP contribution in [0.15, 0.2) is 15.9 Å². The lowest BCUT2D eigenvalue weighted by atomic mass is 9.69. The average molecular weight is 304 g/mol. The number of aliphatic hydroxyl groups excluding tert-OH is 1. The first-order chi connectivity index (χ1) is 7.68. The van der Waals surface area contributed by atoms with Gasteiger partial charge in [-0.1, -0.05) is 12.8 Å². The maximum absolute atomic E-state index is 10.2. The van der Waals surface area contributed by atoms with Gasteiger partial charge >= 0.3 is 0 Å². The molecule has 0 spiro atoms. The molecule has 0 radical (unpaired) electrons. The molecule has 90 valence electrons. The Balaban J connectivity index is 2.18. The van der Waals surface area contributed by atoms with E-state index >= 15 is 0 Å². The molecule has 0 aromatic carbocycles. The number of hydrogen-bond acceptors (Lipinski definition) is 3. The third-order valence-electron chi connectivity index (χ3n) is 3.72. The molecule has 0 bridgehead atoms. The molecule has 2 unspecified atom stereocenters. The molecule has 1 aliphatic rings. The molecule has 1 heterocycles. The molecule has 3 N–H and O–H groups in total. The SMILES string of the molecule is NCC1(Cc2sccc2Br)CCCCC1O. The maximum Gasteiger partial charge on any atom is 0.0612 e. The van der Waals surface area contributed by atoms with E-state index in [0.29, 0.717) is 6.54 Å². The van der Waals surface area contributed by atoms with Crippen molar-refractivity contribution in [2.75, 3.05) is 6.54 Å². The van der Waals surface area contributed by atoms with Gasteiger partial charge < -0.3 is 10.8 Å². The van der Waals surface area contributed by atoms with Crippen molar-refractivity contribution in [2.45, 2.75) is 38.2 Å². The Morgan fingerprint density at radius 3 is 2.94 bits per heavy atom. The van der Waals surface area contributed by atoms with Crippen molar-refractivity contribution in [3.8, 4) is 0 Å². The summed E-state index contributed by atoms with van der Waals surface area (Å²) in [5.74, 6) is 0. The smallest absolute Gasteiger partial charge is 0.0612 e. The number of aliphatic hydroxyl groups is 1. The van der Waals surface area contributed by atoms with Crippen molar-refractivity contribution in [3.05, 3.63) is 20.8 Å². The zero-order valence-electron chi connectivity index (χ0n) is 9.29. The van der Waals surface area contributed by atoms with Crippen molar-refractivity contribution in [1.82, 2.24) is 0 Å². The van der Waals surface area contributed by atoms with Crippen LogP contribution in [0.2, 0.25) is 0 Å². The number of rotatable bonds is 3. The zero-order chi connectivity index (χ0) is 11.6. The predicted molar refractivity (Wildman–Crippen MR) is 71.7 cm³/mol. The first kappa shape index (κ1) is 12.6. The molecule has 2 atom stereocenters. The molecule has 0 amide bonds. The summed E-state index contributed by atoms with van der Waals surface area (Å²) in [6.45, 7) is 0.582. The fourth-order valence-corrected chi connectivity index (χ4v) is 4.22. The van der Waals surface area contributed by atoms with Gasteiger partial charge in [0, 0.05) is 21.3 Å². The van der Waals surface area contributed by atoms with Gasteiger partial charge in [-0.05, 0) is 46.6 Å². The van der Waals surface area contributed by atoms with Crippen molar-refractivity contribution in [1.29, 1.82) is 0 Å². The van der Waals surface area contributed by atoms with Gasteiger partial charge in [-0.15, -0.1) is 11.3 Å². The minimum atomic E-state index is -0.236. The fourth-order valence-electron chi connectivity index (χ4n) is 2.58. The summed E-state index contributed by atoms with van der Waals surface area (Å²) in [6.07, 6.45) is 4.95. The van der Waals surface area contributed by atoms with E-state index in [1.807, 2.05) is 0 Å². The summed E-state index contributed by atoms with van der Waals surface area (Å²) in [5.41, 5.74) is 5.83. The highest BCUT2D eigenvalue weighted by molar-refractivity contribution is 9.10. The standard InChI is InChI=1S/C12H18BrNOS/c13-9-4-6-16-10(9)7-12(8-14)5-2-1-3-11(12)15/h4,6,11,15H,1-3,5,7-8,14H2. The maximum atomic E-state index is 10.2. The lowest BCUT2D eigenvalue weighted by Gasteiger charge is -2.40. The molecule has 4 heteroatoms. The lowest BCUT2D eigenvalue weighted by molar-refractivity contribution is -0.00542. The van der Waals surface area contributed by atoms with Crippen molar-refractivity contribution in [2.24, 2.45) is 11.1 Å². The largest absolute Gasteiger partial charge is 0.392 e. The van der Waals surface area contributed by atoms with Gasteiger partial charge in [-0.2, -0.15) is 0 Å². The quantitative estimate of drug-likeness (QED) is 0.902. The summed E-state index contributed by atoms with van der Waals surface area (Å²) in [6, 6.07) is 2.07. The van der Waals surface area contributed by atoms with E-state index in [9.17, 15) is 5.11 Å². The fraction of sp³-hybridized carbons (Fsp3) is 0.667. The van der Waals surface area contributed by atoms with E-state index in [4.69, 9.17) is 5.73 Å². The van der Waals surface area contributed by atoms with Crippen LogP contribution in [0.3, 0.4) is 0 Å². The molecular weight excluding hydrogens is 286 g/mol. The van der Waals surface area contributed by atoms with Crippen LogP contribution in [-0.2, 0) is 6.42 Å². The van der Waals surface area contributed by atoms with Crippen LogP contribution in [0.25, 0.3) is 0 Å². The molecule has 1 fully saturated rings. The summed E-state index contributed by atoms with van der Waals surface area (Å²) in [7, 11) is 0. The van der Waals surface area contributed by atoms with E-state index in [1.165, 1.54) is 11.3 Å². The van der Waals surface area contributed by atoms with Crippen LogP contribution in [0.5, 0.6) is 0 Å². The van der Waals surface area contributed by atoms with Gasteiger partial charge in [0.2, 0.25) is 0 Å². The zero-order valence-corrected chi connectivity index (χ0v) is 11.7. The van der Waals surface area contributed by atoms with E-state index < -0.39 is 0 Å². The highest BCUT2D eigenvalue weighted by Gasteiger charge is 2.39. The van der Waals surface area contributed by atoms with Crippen LogP contribution in [-0.4, -0.2) is 17.8 Å². The Kier molecular flexibility index (Phi) is 4.06. The Morgan fingerprint density at radius 2 is 2.38 bits per heavy atom. The average Bonchev–Trinajstić information content (AvgIpc) is 2.68. The van der Waals surface area contributed by atoms with E-state index in [-0.39, 0.29) is 11.5 Å². The Bertz CT molecular complexity index is 355. The second-order valence-corrected chi connectivity index (χ2v) is 6.55. The molecule has 2 rings (SSSR count). The molecule has 1 aromatic heterocycles. The summed E-state index contributed by atoms with van der Waals surface area (Å²) in [4.78, 5) is 1.31. The second-order valence-electron chi connectivity index (χ2n) is 4.70. The van der Waals surface area contributed by atoms with E-state index in [2.05, 4.69) is 27.4 Å². The predicted octanol–water partition coefficient (Wildman–Crippen LogP) is 2.93. The number of hydrogen-bond donors (Lipinski definition) is 2. The third kappa shape index (κ3) is 2.35. The van der Waals surface area contributed by atoms with Crippen LogP contribution in [0.1, 0.15) is 30.6 Å². The Morgan fingerprint density at radius 1 is 1.56 bits per heavy atom. The second kappa shape index (κ2) is 5.17. The van der Waals surface area contributed by atoms with Crippen LogP contribution in [0.4, 0.5) is 0 Å². The summed E-state index contributed by atoms with van der Waals surface area (Å²) in [5, 5.41) is 12.3. The molecule has 1 saturated carbocycles. The van der Waals surface area contributed by atoms with Crippen LogP contribution >= 0.6 is 27.3 Å². The molecular formula is C12H18BrNOS. The van der Waals surface area contributed by atoms with Gasteiger partial charge in [0.05, 0.1) is 6.10 Å². The Labute approximate surface area is 109 Å². The van der Waals surface area contributed by atoms with Crippen molar-refractivity contribution < 1.29 is 5.11 Å². The molecule has 16 heavy (non-hydrogen) atoms. The molecule has 1 aliphatic carbocycles. The number of halogens is 1. The minimum Gasteiger partial charge on any atom is -0.392 e. The van der Waals surface area contributed by atoms with Gasteiger partial charge in [0.1, 0.15) is 0 Å². The monoisotopic (exact) mass is 303 g/mol. The van der Waals surface area contributed by atoms with Crippen molar-refractivity contribution in [3.63, 3.8) is 0 Å². The third-order valence-corrected chi connectivity index (χ3v) is 5.65. The topological polar surface area (TPSA) is 46.2 Å². The van der Waals surface area contributed by atoms with E-state index in [1.54, 1.807) is 11.3 Å². The normalized spacial score (nSPS) is 30.6. The highest BCUT2D eigenvalue weighted by Crippen LogP contribution is 2.41. The van der Waals surface area contributed by atoms with Gasteiger partial charge in [0.15, 0.2) is 0 Å². The van der Waals surface area contributed by atoms with Gasteiger partial charge in [0.25, 0.3) is 0 Å². The summed E-state index contributed by atoms with van der Waals surface area (Å²) < 4.78 is 1.16. The molecule has 2 nitrogen and oxygen atoms in total.